The fraction of sp³-hybridized carbons (Fsp3) is 0.286. The number of amides is 2. The van der Waals surface area contributed by atoms with E-state index in [1.54, 1.807) is 25.4 Å². The molecular formula is C28H30N6O2S. The number of aliphatic imine (C=N–C) groups is 1. The molecule has 0 spiro atoms. The summed E-state index contributed by atoms with van der Waals surface area (Å²) in [7, 11) is 1.71. The Morgan fingerprint density at radius 1 is 1.35 bits per heavy atom. The van der Waals surface area contributed by atoms with E-state index in [-0.39, 0.29) is 17.9 Å². The number of nitrogens with one attached hydrogen (secondary N) is 2. The molecule has 8 nitrogen and oxygen atoms in total. The van der Waals surface area contributed by atoms with Crippen LogP contribution >= 0.6 is 11.3 Å². The van der Waals surface area contributed by atoms with E-state index in [4.69, 9.17) is 4.98 Å². The zero-order chi connectivity index (χ0) is 25.8. The van der Waals surface area contributed by atoms with Crippen LogP contribution in [0.3, 0.4) is 0 Å². The maximum Gasteiger partial charge on any atom is 0.274 e. The van der Waals surface area contributed by atoms with Crippen LogP contribution in [0.25, 0.3) is 0 Å². The zero-order valence-electron chi connectivity index (χ0n) is 20.8. The highest BCUT2D eigenvalue weighted by atomic mass is 32.1. The molecule has 9 heteroatoms. The summed E-state index contributed by atoms with van der Waals surface area (Å²) in [5.74, 6) is -0.120. The van der Waals surface area contributed by atoms with Gasteiger partial charge in [0.2, 0.25) is 5.91 Å². The van der Waals surface area contributed by atoms with Gasteiger partial charge in [-0.25, -0.2) is 4.98 Å². The second kappa shape index (κ2) is 11.0. The fourth-order valence-electron chi connectivity index (χ4n) is 4.90. The topological polar surface area (TPSA) is 91.6 Å². The zero-order valence-corrected chi connectivity index (χ0v) is 21.6. The maximum atomic E-state index is 13.1. The molecule has 1 aromatic carbocycles. The Kier molecular flexibility index (Phi) is 7.32. The predicted octanol–water partition coefficient (Wildman–Crippen LogP) is 5.24. The third-order valence-electron chi connectivity index (χ3n) is 6.77. The summed E-state index contributed by atoms with van der Waals surface area (Å²) in [6.07, 6.45) is 10.6. The molecular weight excluding hydrogens is 484 g/mol. The Morgan fingerprint density at radius 3 is 3.08 bits per heavy atom. The molecule has 0 saturated carbocycles. The van der Waals surface area contributed by atoms with Crippen molar-refractivity contribution in [3.63, 3.8) is 0 Å². The van der Waals surface area contributed by atoms with Gasteiger partial charge in [0, 0.05) is 55.7 Å². The van der Waals surface area contributed by atoms with Crippen molar-refractivity contribution < 1.29 is 9.59 Å². The number of thiazole rings is 1. The summed E-state index contributed by atoms with van der Waals surface area (Å²) in [5, 5.41) is 8.57. The molecule has 1 fully saturated rings. The number of aromatic nitrogens is 2. The van der Waals surface area contributed by atoms with Gasteiger partial charge in [0.05, 0.1) is 11.7 Å². The molecule has 0 bridgehead atoms. The van der Waals surface area contributed by atoms with E-state index in [0.29, 0.717) is 23.8 Å². The molecule has 0 radical (unpaired) electrons. The lowest BCUT2D eigenvalue weighted by atomic mass is 10.0. The van der Waals surface area contributed by atoms with Crippen LogP contribution in [0.2, 0.25) is 0 Å². The summed E-state index contributed by atoms with van der Waals surface area (Å²) in [6, 6.07) is 10.1. The van der Waals surface area contributed by atoms with Gasteiger partial charge in [-0.3, -0.25) is 19.9 Å². The molecule has 5 rings (SSSR count). The maximum absolute atomic E-state index is 13.1. The number of fused-ring (bicyclic) bond motifs is 1. The van der Waals surface area contributed by atoms with Gasteiger partial charge in [-0.1, -0.05) is 12.7 Å². The molecule has 2 amide bonds. The second-order valence-electron chi connectivity index (χ2n) is 9.15. The standard InChI is InChI=1S/C28H30N6O2S/c1-3-19(12-13-29-2)17-33-14-4-7-25(33)27(36)32-28-31-23(18-37-28)24-6-5-15-34(24)21-9-10-22-20(16-21)8-11-26(35)30-22/h3-4,7,9-10,12-14,16,18,24H,1,5-6,8,11,15,17H2,2H3,(H,30,35)(H,31,32,36)/b19-12+,29-13?. The van der Waals surface area contributed by atoms with E-state index >= 15 is 0 Å². The van der Waals surface area contributed by atoms with Crippen LogP contribution < -0.4 is 15.5 Å². The minimum absolute atomic E-state index is 0.0761. The van der Waals surface area contributed by atoms with Crippen molar-refractivity contribution in [1.29, 1.82) is 0 Å². The van der Waals surface area contributed by atoms with Gasteiger partial charge in [-0.2, -0.15) is 0 Å². The minimum Gasteiger partial charge on any atom is -0.363 e. The Labute approximate surface area is 220 Å². The lowest BCUT2D eigenvalue weighted by Crippen LogP contribution is -2.24. The van der Waals surface area contributed by atoms with Crippen LogP contribution in [0.15, 0.2) is 71.2 Å². The first-order valence-corrected chi connectivity index (χ1v) is 13.3. The SMILES string of the molecule is C=C/C(=C\C=NC)Cn1cccc1C(=O)Nc1nc(C2CCCN2c2ccc3c(c2)CCC(=O)N3)cs1. The number of carbonyl (C=O) groups excluding carboxylic acids is 2. The van der Waals surface area contributed by atoms with Crippen molar-refractivity contribution in [2.45, 2.75) is 38.3 Å². The third kappa shape index (κ3) is 5.41. The third-order valence-corrected chi connectivity index (χ3v) is 7.54. The molecule has 2 N–H and O–H groups in total. The molecule has 0 aliphatic carbocycles. The molecule has 1 saturated heterocycles. The van der Waals surface area contributed by atoms with Gasteiger partial charge in [-0.05, 0) is 66.8 Å². The highest BCUT2D eigenvalue weighted by Gasteiger charge is 2.29. The van der Waals surface area contributed by atoms with Crippen molar-refractivity contribution in [2.75, 3.05) is 29.1 Å². The number of allylic oxidation sites excluding steroid dienone is 3. The smallest absolute Gasteiger partial charge is 0.274 e. The van der Waals surface area contributed by atoms with E-state index in [0.717, 1.165) is 48.4 Å². The number of hydrogen-bond acceptors (Lipinski definition) is 6. The van der Waals surface area contributed by atoms with Gasteiger partial charge in [0.1, 0.15) is 5.69 Å². The van der Waals surface area contributed by atoms with Crippen LogP contribution in [0.4, 0.5) is 16.5 Å². The van der Waals surface area contributed by atoms with E-state index in [1.807, 2.05) is 34.4 Å². The first-order valence-electron chi connectivity index (χ1n) is 12.4. The average Bonchev–Trinajstić information content (AvgIpc) is 3.67. The number of anilines is 3. The molecule has 3 aromatic rings. The van der Waals surface area contributed by atoms with Gasteiger partial charge < -0.3 is 14.8 Å². The summed E-state index contributed by atoms with van der Waals surface area (Å²) in [5.41, 5.74) is 5.71. The first kappa shape index (κ1) is 24.7. The largest absolute Gasteiger partial charge is 0.363 e. The first-order chi connectivity index (χ1) is 18.1. The lowest BCUT2D eigenvalue weighted by molar-refractivity contribution is -0.116. The molecule has 190 valence electrons. The van der Waals surface area contributed by atoms with Crippen molar-refractivity contribution >= 4 is 45.9 Å². The van der Waals surface area contributed by atoms with Crippen LogP contribution in [-0.4, -0.2) is 41.2 Å². The highest BCUT2D eigenvalue weighted by Crippen LogP contribution is 2.39. The summed E-state index contributed by atoms with van der Waals surface area (Å²) in [4.78, 5) is 35.9. The molecule has 1 unspecified atom stereocenters. The molecule has 2 aromatic heterocycles. The van der Waals surface area contributed by atoms with Crippen LogP contribution in [-0.2, 0) is 17.8 Å². The van der Waals surface area contributed by atoms with Crippen LogP contribution in [0.1, 0.15) is 47.1 Å². The molecule has 37 heavy (non-hydrogen) atoms. The summed E-state index contributed by atoms with van der Waals surface area (Å²) >= 11 is 1.45. The number of hydrogen-bond donors (Lipinski definition) is 2. The predicted molar refractivity (Wildman–Crippen MR) is 150 cm³/mol. The summed E-state index contributed by atoms with van der Waals surface area (Å²) < 4.78 is 1.89. The monoisotopic (exact) mass is 514 g/mol. The van der Waals surface area contributed by atoms with Gasteiger partial charge in [0.25, 0.3) is 5.91 Å². The Morgan fingerprint density at radius 2 is 2.24 bits per heavy atom. The van der Waals surface area contributed by atoms with E-state index < -0.39 is 0 Å². The van der Waals surface area contributed by atoms with Crippen molar-refractivity contribution in [3.8, 4) is 0 Å². The fourth-order valence-corrected chi connectivity index (χ4v) is 5.65. The Hall–Kier alpha value is -3.98. The molecule has 2 aliphatic heterocycles. The quantitative estimate of drug-likeness (QED) is 0.318. The normalized spacial score (nSPS) is 17.6. The summed E-state index contributed by atoms with van der Waals surface area (Å²) in [6.45, 7) is 5.33. The number of carbonyl (C=O) groups is 2. The number of aryl methyl sites for hydroxylation is 1. The van der Waals surface area contributed by atoms with Gasteiger partial charge in [0.15, 0.2) is 5.13 Å². The van der Waals surface area contributed by atoms with Crippen molar-refractivity contribution in [1.82, 2.24) is 9.55 Å². The van der Waals surface area contributed by atoms with Crippen molar-refractivity contribution in [3.05, 3.63) is 83.2 Å². The average molecular weight is 515 g/mol. The Balaban J connectivity index is 1.29. The second-order valence-corrected chi connectivity index (χ2v) is 10.0. The Bertz CT molecular complexity index is 1380. The van der Waals surface area contributed by atoms with E-state index in [1.165, 1.54) is 16.9 Å². The van der Waals surface area contributed by atoms with E-state index in [9.17, 15) is 9.59 Å². The molecule has 2 aliphatic rings. The molecule has 1 atom stereocenters. The van der Waals surface area contributed by atoms with Gasteiger partial charge in [-0.15, -0.1) is 11.3 Å². The van der Waals surface area contributed by atoms with Crippen LogP contribution in [0, 0.1) is 0 Å². The van der Waals surface area contributed by atoms with Gasteiger partial charge >= 0.3 is 0 Å². The van der Waals surface area contributed by atoms with Crippen molar-refractivity contribution in [2.24, 2.45) is 4.99 Å². The number of nitrogens with zero attached hydrogens (tertiary/aromatic N) is 4. The molecule has 4 heterocycles. The highest BCUT2D eigenvalue weighted by molar-refractivity contribution is 7.14. The van der Waals surface area contributed by atoms with E-state index in [2.05, 4.69) is 39.2 Å². The van der Waals surface area contributed by atoms with Crippen LogP contribution in [0.5, 0.6) is 0 Å². The minimum atomic E-state index is -0.196. The number of benzene rings is 1. The number of rotatable bonds is 8. The lowest BCUT2D eigenvalue weighted by Gasteiger charge is -2.27.